The lowest BCUT2D eigenvalue weighted by atomic mass is 10.1. The van der Waals surface area contributed by atoms with E-state index >= 15 is 0 Å². The smallest absolute Gasteiger partial charge is 0.336 e. The largest absolute Gasteiger partial charge is 0.478 e. The number of hydrogen-bond acceptors (Lipinski definition) is 4. The van der Waals surface area contributed by atoms with Crippen LogP contribution in [0, 0.1) is 0 Å². The van der Waals surface area contributed by atoms with Crippen LogP contribution in [0.3, 0.4) is 0 Å². The zero-order valence-electron chi connectivity index (χ0n) is 9.50. The number of carbonyl (C=O) groups is 2. The summed E-state index contributed by atoms with van der Waals surface area (Å²) in [5.41, 5.74) is -0.0371. The Balaban J connectivity index is 2.28. The van der Waals surface area contributed by atoms with Crippen LogP contribution in [-0.4, -0.2) is 27.0 Å². The fraction of sp³-hybridized carbons (Fsp3) is 0. The maximum atomic E-state index is 12.0. The topological polar surface area (TPSA) is 92.2 Å². The van der Waals surface area contributed by atoms with Crippen LogP contribution in [0.4, 0.5) is 5.82 Å². The number of nitrogens with one attached hydrogen (secondary N) is 1. The van der Waals surface area contributed by atoms with E-state index in [0.29, 0.717) is 0 Å². The van der Waals surface area contributed by atoms with Crippen LogP contribution >= 0.6 is 11.6 Å². The molecule has 0 saturated carbocycles. The molecule has 0 spiro atoms. The van der Waals surface area contributed by atoms with Gasteiger partial charge >= 0.3 is 5.97 Å². The number of aromatic nitrogens is 2. The number of aromatic carboxylic acids is 1. The van der Waals surface area contributed by atoms with Crippen molar-refractivity contribution in [3.63, 3.8) is 0 Å². The van der Waals surface area contributed by atoms with E-state index in [2.05, 4.69) is 15.3 Å². The second-order valence-corrected chi connectivity index (χ2v) is 3.85. The van der Waals surface area contributed by atoms with Gasteiger partial charge in [0, 0.05) is 6.20 Å². The van der Waals surface area contributed by atoms with E-state index in [1.807, 2.05) is 0 Å². The number of hydrogen-bond donors (Lipinski definition) is 2. The zero-order chi connectivity index (χ0) is 13.8. The number of halogens is 1. The minimum atomic E-state index is -1.17. The van der Waals surface area contributed by atoms with Gasteiger partial charge in [0.25, 0.3) is 5.91 Å². The second-order valence-electron chi connectivity index (χ2n) is 3.52. The van der Waals surface area contributed by atoms with Crippen molar-refractivity contribution in [3.05, 3.63) is 52.9 Å². The van der Waals surface area contributed by atoms with Crippen molar-refractivity contribution in [1.82, 2.24) is 9.97 Å². The zero-order valence-corrected chi connectivity index (χ0v) is 10.3. The number of nitrogens with zero attached hydrogens (tertiary/aromatic N) is 2. The highest BCUT2D eigenvalue weighted by Crippen LogP contribution is 2.12. The molecule has 6 nitrogen and oxygen atoms in total. The molecule has 1 heterocycles. The Hall–Kier alpha value is -2.47. The summed E-state index contributed by atoms with van der Waals surface area (Å²) in [6.45, 7) is 0. The second kappa shape index (κ2) is 5.45. The Morgan fingerprint density at radius 1 is 1.16 bits per heavy atom. The molecule has 1 aromatic heterocycles. The number of carboxylic acids is 1. The molecule has 0 unspecified atom stereocenters. The fourth-order valence-corrected chi connectivity index (χ4v) is 1.60. The van der Waals surface area contributed by atoms with Crippen LogP contribution < -0.4 is 5.32 Å². The lowest BCUT2D eigenvalue weighted by Crippen LogP contribution is -2.17. The van der Waals surface area contributed by atoms with Gasteiger partial charge in [-0.1, -0.05) is 12.1 Å². The van der Waals surface area contributed by atoms with Crippen molar-refractivity contribution in [2.75, 3.05) is 5.32 Å². The molecule has 0 aliphatic rings. The number of rotatable bonds is 3. The Labute approximate surface area is 113 Å². The molecule has 0 fully saturated rings. The average molecular weight is 278 g/mol. The molecule has 0 aliphatic heterocycles. The third-order valence-electron chi connectivity index (χ3n) is 2.27. The van der Waals surface area contributed by atoms with Crippen molar-refractivity contribution < 1.29 is 14.7 Å². The van der Waals surface area contributed by atoms with Crippen molar-refractivity contribution in [2.24, 2.45) is 0 Å². The SMILES string of the molecule is O=C(O)c1ccccc1C(=O)Nc1ccnc(Cl)n1. The predicted molar refractivity (Wildman–Crippen MR) is 68.4 cm³/mol. The highest BCUT2D eigenvalue weighted by molar-refractivity contribution is 6.28. The molecule has 1 amide bonds. The first-order valence-corrected chi connectivity index (χ1v) is 5.58. The van der Waals surface area contributed by atoms with Crippen molar-refractivity contribution >= 4 is 29.3 Å². The Bertz CT molecular complexity index is 646. The van der Waals surface area contributed by atoms with Crippen LogP contribution in [0.2, 0.25) is 5.28 Å². The maximum Gasteiger partial charge on any atom is 0.336 e. The Morgan fingerprint density at radius 2 is 1.84 bits per heavy atom. The number of benzene rings is 1. The average Bonchev–Trinajstić information content (AvgIpc) is 2.38. The van der Waals surface area contributed by atoms with E-state index in [9.17, 15) is 9.59 Å². The summed E-state index contributed by atoms with van der Waals surface area (Å²) < 4.78 is 0. The summed E-state index contributed by atoms with van der Waals surface area (Å²) in [7, 11) is 0. The third-order valence-corrected chi connectivity index (χ3v) is 2.45. The van der Waals surface area contributed by atoms with Crippen LogP contribution in [-0.2, 0) is 0 Å². The van der Waals surface area contributed by atoms with Crippen LogP contribution in [0.25, 0.3) is 0 Å². The summed E-state index contributed by atoms with van der Waals surface area (Å²) in [6, 6.07) is 7.34. The molecule has 7 heteroatoms. The van der Waals surface area contributed by atoms with Gasteiger partial charge in [-0.05, 0) is 29.8 Å². The van der Waals surface area contributed by atoms with Gasteiger partial charge in [0.15, 0.2) is 0 Å². The quantitative estimate of drug-likeness (QED) is 0.838. The number of amides is 1. The van der Waals surface area contributed by atoms with Crippen LogP contribution in [0.1, 0.15) is 20.7 Å². The van der Waals surface area contributed by atoms with Gasteiger partial charge in [0.05, 0.1) is 11.1 Å². The molecule has 0 bridgehead atoms. The third kappa shape index (κ3) is 3.05. The van der Waals surface area contributed by atoms with E-state index < -0.39 is 11.9 Å². The molecular weight excluding hydrogens is 270 g/mol. The summed E-state index contributed by atoms with van der Waals surface area (Å²) in [6.07, 6.45) is 1.38. The molecule has 96 valence electrons. The van der Waals surface area contributed by atoms with E-state index in [4.69, 9.17) is 16.7 Å². The lowest BCUT2D eigenvalue weighted by Gasteiger charge is -2.06. The van der Waals surface area contributed by atoms with Crippen molar-refractivity contribution in [1.29, 1.82) is 0 Å². The molecule has 19 heavy (non-hydrogen) atoms. The van der Waals surface area contributed by atoms with Crippen LogP contribution in [0.15, 0.2) is 36.5 Å². The van der Waals surface area contributed by atoms with Crippen molar-refractivity contribution in [3.8, 4) is 0 Å². The summed E-state index contributed by atoms with van der Waals surface area (Å²) in [5.74, 6) is -1.55. The van der Waals surface area contributed by atoms with Gasteiger partial charge in [-0.3, -0.25) is 4.79 Å². The highest BCUT2D eigenvalue weighted by Gasteiger charge is 2.16. The summed E-state index contributed by atoms with van der Waals surface area (Å²) in [5, 5.41) is 11.4. The van der Waals surface area contributed by atoms with Crippen LogP contribution in [0.5, 0.6) is 0 Å². The molecule has 0 radical (unpaired) electrons. The van der Waals surface area contributed by atoms with E-state index in [1.165, 1.54) is 24.4 Å². The fourth-order valence-electron chi connectivity index (χ4n) is 1.46. The molecule has 2 aromatic rings. The highest BCUT2D eigenvalue weighted by atomic mass is 35.5. The first kappa shape index (κ1) is 13.0. The maximum absolute atomic E-state index is 12.0. The molecule has 1 aromatic carbocycles. The van der Waals surface area contributed by atoms with E-state index in [0.717, 1.165) is 0 Å². The summed E-state index contributed by atoms with van der Waals surface area (Å²) in [4.78, 5) is 30.4. The number of carboxylic acid groups (broad SMARTS) is 1. The normalized spacial score (nSPS) is 9.95. The van der Waals surface area contributed by atoms with E-state index in [1.54, 1.807) is 12.1 Å². The predicted octanol–water partition coefficient (Wildman–Crippen LogP) is 2.08. The van der Waals surface area contributed by atoms with Gasteiger partial charge in [-0.25, -0.2) is 14.8 Å². The first-order valence-electron chi connectivity index (χ1n) is 5.20. The molecule has 2 rings (SSSR count). The standard InChI is InChI=1S/C12H8ClN3O3/c13-12-14-6-5-9(16-12)15-10(17)7-3-1-2-4-8(7)11(18)19/h1-6H,(H,18,19)(H,14,15,16,17). The molecule has 0 atom stereocenters. The van der Waals surface area contributed by atoms with Crippen molar-refractivity contribution in [2.45, 2.75) is 0 Å². The van der Waals surface area contributed by atoms with Gasteiger partial charge < -0.3 is 10.4 Å². The van der Waals surface area contributed by atoms with Gasteiger partial charge in [-0.2, -0.15) is 0 Å². The van der Waals surface area contributed by atoms with Gasteiger partial charge in [0.1, 0.15) is 5.82 Å². The van der Waals surface area contributed by atoms with Gasteiger partial charge in [0.2, 0.25) is 5.28 Å². The molecular formula is C12H8ClN3O3. The monoisotopic (exact) mass is 277 g/mol. The molecule has 0 aliphatic carbocycles. The summed E-state index contributed by atoms with van der Waals surface area (Å²) >= 11 is 5.59. The Morgan fingerprint density at radius 3 is 2.47 bits per heavy atom. The lowest BCUT2D eigenvalue weighted by molar-refractivity contribution is 0.0692. The van der Waals surface area contributed by atoms with Gasteiger partial charge in [-0.15, -0.1) is 0 Å². The van der Waals surface area contributed by atoms with E-state index in [-0.39, 0.29) is 22.2 Å². The first-order chi connectivity index (χ1) is 9.08. The Kier molecular flexibility index (Phi) is 3.72. The minimum Gasteiger partial charge on any atom is -0.478 e. The number of carbonyl (C=O) groups excluding carboxylic acids is 1. The minimum absolute atomic E-state index is 0.00989. The number of anilines is 1. The molecule has 0 saturated heterocycles. The molecule has 2 N–H and O–H groups in total.